The van der Waals surface area contributed by atoms with Gasteiger partial charge in [-0.05, 0) is 26.0 Å². The van der Waals surface area contributed by atoms with Crippen molar-refractivity contribution in [2.45, 2.75) is 19.5 Å². The van der Waals surface area contributed by atoms with Gasteiger partial charge in [0.05, 0.1) is 5.69 Å². The largest absolute Gasteiger partial charge is 0.379 e. The minimum Gasteiger partial charge on any atom is -0.379 e. The van der Waals surface area contributed by atoms with E-state index in [1.165, 1.54) is 19.9 Å². The van der Waals surface area contributed by atoms with Crippen LogP contribution in [-0.2, 0) is 0 Å². The Kier molecular flexibility index (Phi) is 2.86. The molecule has 1 N–H and O–H groups in total. The lowest BCUT2D eigenvalue weighted by atomic mass is 10.1. The van der Waals surface area contributed by atoms with Crippen molar-refractivity contribution in [3.63, 3.8) is 0 Å². The summed E-state index contributed by atoms with van der Waals surface area (Å²) in [5.41, 5.74) is -0.990. The number of hydrogen-bond acceptors (Lipinski definition) is 1. The molecule has 0 fully saturated rings. The lowest BCUT2D eigenvalue weighted by molar-refractivity contribution is 0.235. The van der Waals surface area contributed by atoms with Gasteiger partial charge in [0.15, 0.2) is 0 Å². The van der Waals surface area contributed by atoms with E-state index in [1.807, 2.05) is 0 Å². The highest BCUT2D eigenvalue weighted by Crippen LogP contribution is 2.15. The van der Waals surface area contributed by atoms with Crippen molar-refractivity contribution in [1.29, 1.82) is 0 Å². The van der Waals surface area contributed by atoms with E-state index in [2.05, 4.69) is 5.32 Å². The Balaban J connectivity index is 2.60. The fourth-order valence-electron chi connectivity index (χ4n) is 0.910. The van der Waals surface area contributed by atoms with Gasteiger partial charge in [0, 0.05) is 6.54 Å². The van der Waals surface area contributed by atoms with Gasteiger partial charge in [0.2, 0.25) is 0 Å². The number of nitrogens with one attached hydrogen (secondary N) is 1. The van der Waals surface area contributed by atoms with Gasteiger partial charge in [-0.15, -0.1) is 0 Å². The normalized spacial score (nSPS) is 11.4. The van der Waals surface area contributed by atoms with Gasteiger partial charge in [-0.2, -0.15) is 0 Å². The summed E-state index contributed by atoms with van der Waals surface area (Å²) >= 11 is 0. The summed E-state index contributed by atoms with van der Waals surface area (Å²) in [6, 6.07) is 6.23. The zero-order valence-electron chi connectivity index (χ0n) is 7.77. The lowest BCUT2D eigenvalue weighted by Gasteiger charge is -2.15. The average molecular weight is 185 g/mol. The first-order chi connectivity index (χ1) is 5.99. The van der Waals surface area contributed by atoms with E-state index in [0.717, 1.165) is 0 Å². The number of anilines is 1. The third-order valence-corrected chi connectivity index (χ3v) is 1.57. The standard InChI is InChI=1S/C10H13F2N/c1-10(2,12)7-13-9-6-4-3-5-8(9)11/h3-6,13H,7H2,1-2H3. The molecule has 0 aliphatic carbocycles. The van der Waals surface area contributed by atoms with Gasteiger partial charge in [-0.25, -0.2) is 8.78 Å². The predicted molar refractivity (Wildman–Crippen MR) is 50.1 cm³/mol. The summed E-state index contributed by atoms with van der Waals surface area (Å²) in [5.74, 6) is -0.355. The van der Waals surface area contributed by atoms with Gasteiger partial charge in [-0.3, -0.25) is 0 Å². The smallest absolute Gasteiger partial charge is 0.146 e. The van der Waals surface area contributed by atoms with E-state index < -0.39 is 5.67 Å². The topological polar surface area (TPSA) is 12.0 Å². The first kappa shape index (κ1) is 9.96. The Labute approximate surface area is 76.8 Å². The van der Waals surface area contributed by atoms with Gasteiger partial charge in [-0.1, -0.05) is 12.1 Å². The van der Waals surface area contributed by atoms with Crippen molar-refractivity contribution in [2.75, 3.05) is 11.9 Å². The van der Waals surface area contributed by atoms with Crippen LogP contribution in [0.4, 0.5) is 14.5 Å². The molecule has 0 aliphatic rings. The Morgan fingerprint density at radius 1 is 1.31 bits per heavy atom. The molecule has 13 heavy (non-hydrogen) atoms. The predicted octanol–water partition coefficient (Wildman–Crippen LogP) is 2.99. The molecule has 1 aromatic rings. The van der Waals surface area contributed by atoms with Gasteiger partial charge < -0.3 is 5.32 Å². The van der Waals surface area contributed by atoms with E-state index in [0.29, 0.717) is 5.69 Å². The number of hydrogen-bond donors (Lipinski definition) is 1. The van der Waals surface area contributed by atoms with E-state index in [-0.39, 0.29) is 12.4 Å². The van der Waals surface area contributed by atoms with E-state index in [1.54, 1.807) is 18.2 Å². The summed E-state index contributed by atoms with van der Waals surface area (Å²) in [7, 11) is 0. The first-order valence-electron chi connectivity index (χ1n) is 4.16. The van der Waals surface area contributed by atoms with Crippen LogP contribution in [0.2, 0.25) is 0 Å². The van der Waals surface area contributed by atoms with Crippen molar-refractivity contribution < 1.29 is 8.78 Å². The molecule has 0 spiro atoms. The number of para-hydroxylation sites is 1. The summed E-state index contributed by atoms with van der Waals surface area (Å²) < 4.78 is 26.0. The second kappa shape index (κ2) is 3.73. The molecular weight excluding hydrogens is 172 g/mol. The lowest BCUT2D eigenvalue weighted by Crippen LogP contribution is -2.24. The molecule has 0 aromatic heterocycles. The molecule has 0 heterocycles. The van der Waals surface area contributed by atoms with Crippen molar-refractivity contribution >= 4 is 5.69 Å². The molecular formula is C10H13F2N. The van der Waals surface area contributed by atoms with Crippen molar-refractivity contribution in [2.24, 2.45) is 0 Å². The van der Waals surface area contributed by atoms with Crippen LogP contribution in [0.1, 0.15) is 13.8 Å². The molecule has 0 bridgehead atoms. The maximum atomic E-state index is 13.0. The summed E-state index contributed by atoms with van der Waals surface area (Å²) in [6.07, 6.45) is 0. The summed E-state index contributed by atoms with van der Waals surface area (Å²) in [5, 5.41) is 2.70. The van der Waals surface area contributed by atoms with Crippen LogP contribution < -0.4 is 5.32 Å². The quantitative estimate of drug-likeness (QED) is 0.763. The molecule has 0 radical (unpaired) electrons. The van der Waals surface area contributed by atoms with Crippen molar-refractivity contribution in [3.8, 4) is 0 Å². The highest BCUT2D eigenvalue weighted by molar-refractivity contribution is 5.44. The number of alkyl halides is 1. The maximum absolute atomic E-state index is 13.0. The number of benzene rings is 1. The molecule has 72 valence electrons. The molecule has 0 unspecified atom stereocenters. The third-order valence-electron chi connectivity index (χ3n) is 1.57. The Hall–Kier alpha value is -1.12. The first-order valence-corrected chi connectivity index (χ1v) is 4.16. The molecule has 0 aliphatic heterocycles. The molecule has 0 saturated heterocycles. The highest BCUT2D eigenvalue weighted by atomic mass is 19.1. The minimum atomic E-state index is -1.33. The Bertz CT molecular complexity index is 278. The second-order valence-corrected chi connectivity index (χ2v) is 3.55. The third kappa shape index (κ3) is 3.40. The van der Waals surface area contributed by atoms with Gasteiger partial charge in [0.25, 0.3) is 0 Å². The fourth-order valence-corrected chi connectivity index (χ4v) is 0.910. The van der Waals surface area contributed by atoms with Crippen LogP contribution in [0.3, 0.4) is 0 Å². The number of rotatable bonds is 3. The average Bonchev–Trinajstić information content (AvgIpc) is 2.01. The van der Waals surface area contributed by atoms with Crippen molar-refractivity contribution in [1.82, 2.24) is 0 Å². The van der Waals surface area contributed by atoms with Crippen LogP contribution in [0.5, 0.6) is 0 Å². The van der Waals surface area contributed by atoms with Crippen molar-refractivity contribution in [3.05, 3.63) is 30.1 Å². The van der Waals surface area contributed by atoms with Gasteiger partial charge >= 0.3 is 0 Å². The SMILES string of the molecule is CC(C)(F)CNc1ccccc1F. The summed E-state index contributed by atoms with van der Waals surface area (Å²) in [4.78, 5) is 0. The molecule has 0 amide bonds. The number of halogens is 2. The monoisotopic (exact) mass is 185 g/mol. The van der Waals surface area contributed by atoms with Crippen LogP contribution in [0, 0.1) is 5.82 Å². The molecule has 1 aromatic carbocycles. The molecule has 1 nitrogen and oxygen atoms in total. The van der Waals surface area contributed by atoms with Gasteiger partial charge in [0.1, 0.15) is 11.5 Å². The Morgan fingerprint density at radius 3 is 2.46 bits per heavy atom. The molecule has 0 atom stereocenters. The van der Waals surface area contributed by atoms with E-state index >= 15 is 0 Å². The van der Waals surface area contributed by atoms with Crippen LogP contribution in [0.15, 0.2) is 24.3 Å². The molecule has 0 saturated carbocycles. The molecule has 1 rings (SSSR count). The highest BCUT2D eigenvalue weighted by Gasteiger charge is 2.15. The van der Waals surface area contributed by atoms with E-state index in [9.17, 15) is 8.78 Å². The van der Waals surface area contributed by atoms with Crippen LogP contribution in [-0.4, -0.2) is 12.2 Å². The minimum absolute atomic E-state index is 0.105. The summed E-state index contributed by atoms with van der Waals surface area (Å²) in [6.45, 7) is 3.00. The van der Waals surface area contributed by atoms with Crippen LogP contribution >= 0.6 is 0 Å². The fraction of sp³-hybridized carbons (Fsp3) is 0.400. The van der Waals surface area contributed by atoms with E-state index in [4.69, 9.17) is 0 Å². The Morgan fingerprint density at radius 2 is 1.92 bits per heavy atom. The zero-order valence-corrected chi connectivity index (χ0v) is 7.77. The maximum Gasteiger partial charge on any atom is 0.146 e. The zero-order chi connectivity index (χ0) is 9.90. The second-order valence-electron chi connectivity index (χ2n) is 3.55. The van der Waals surface area contributed by atoms with Crippen LogP contribution in [0.25, 0.3) is 0 Å². The molecule has 3 heteroatoms.